The molecule has 0 bridgehead atoms. The van der Waals surface area contributed by atoms with Gasteiger partial charge in [0.25, 0.3) is 0 Å². The molecule has 3 N–H and O–H groups in total. The van der Waals surface area contributed by atoms with Gasteiger partial charge in [-0.3, -0.25) is 0 Å². The first-order valence-electron chi connectivity index (χ1n) is 7.23. The van der Waals surface area contributed by atoms with Crippen LogP contribution in [0.1, 0.15) is 29.5 Å². The van der Waals surface area contributed by atoms with E-state index in [2.05, 4.69) is 35.5 Å². The van der Waals surface area contributed by atoms with Gasteiger partial charge < -0.3 is 11.1 Å². The van der Waals surface area contributed by atoms with Crippen LogP contribution in [-0.2, 0) is 6.54 Å². The third-order valence-electron chi connectivity index (χ3n) is 3.77. The molecule has 0 radical (unpaired) electrons. The van der Waals surface area contributed by atoms with Crippen molar-refractivity contribution in [3.63, 3.8) is 0 Å². The van der Waals surface area contributed by atoms with Crippen LogP contribution >= 0.6 is 0 Å². The highest BCUT2D eigenvalue weighted by molar-refractivity contribution is 5.64. The number of hydrogen-bond acceptors (Lipinski definition) is 4. The van der Waals surface area contributed by atoms with Crippen LogP contribution in [-0.4, -0.2) is 16.3 Å². The van der Waals surface area contributed by atoms with Gasteiger partial charge >= 0.3 is 0 Å². The smallest absolute Gasteiger partial charge is 0.168 e. The standard InChI is InChI=1S/C16H19N5/c1-11-3-2-4-13(7-11)10-21-15(18)14(8-17)16(20-21)19-9-12-5-6-12/h2-4,7,12H,5-6,9-10,18H2,1H3,(H,19,20). The summed E-state index contributed by atoms with van der Waals surface area (Å²) >= 11 is 0. The van der Waals surface area contributed by atoms with Gasteiger partial charge in [-0.25, -0.2) is 4.68 Å². The summed E-state index contributed by atoms with van der Waals surface area (Å²) in [7, 11) is 0. The van der Waals surface area contributed by atoms with Gasteiger partial charge in [0.2, 0.25) is 0 Å². The molecule has 0 unspecified atom stereocenters. The minimum atomic E-state index is 0.428. The highest BCUT2D eigenvalue weighted by Gasteiger charge is 2.23. The quantitative estimate of drug-likeness (QED) is 0.882. The van der Waals surface area contributed by atoms with Gasteiger partial charge in [0, 0.05) is 6.54 Å². The molecule has 1 aromatic heterocycles. The van der Waals surface area contributed by atoms with Crippen LogP contribution < -0.4 is 11.1 Å². The normalized spacial score (nSPS) is 13.9. The number of hydrogen-bond donors (Lipinski definition) is 2. The van der Waals surface area contributed by atoms with E-state index in [1.54, 1.807) is 4.68 Å². The Morgan fingerprint density at radius 1 is 1.48 bits per heavy atom. The molecule has 108 valence electrons. The molecule has 21 heavy (non-hydrogen) atoms. The van der Waals surface area contributed by atoms with Crippen LogP contribution in [0, 0.1) is 24.2 Å². The number of anilines is 2. The Kier molecular flexibility index (Phi) is 3.53. The Morgan fingerprint density at radius 3 is 2.95 bits per heavy atom. The fourth-order valence-corrected chi connectivity index (χ4v) is 2.38. The molecule has 0 spiro atoms. The Morgan fingerprint density at radius 2 is 2.29 bits per heavy atom. The fourth-order valence-electron chi connectivity index (χ4n) is 2.38. The van der Waals surface area contributed by atoms with E-state index in [1.807, 2.05) is 12.1 Å². The predicted octanol–water partition coefficient (Wildman–Crippen LogP) is 2.52. The molecular weight excluding hydrogens is 262 g/mol. The summed E-state index contributed by atoms with van der Waals surface area (Å²) in [4.78, 5) is 0. The Balaban J connectivity index is 1.82. The monoisotopic (exact) mass is 281 g/mol. The molecule has 0 atom stereocenters. The van der Waals surface area contributed by atoms with Crippen molar-refractivity contribution >= 4 is 11.6 Å². The van der Waals surface area contributed by atoms with Gasteiger partial charge in [-0.1, -0.05) is 29.8 Å². The lowest BCUT2D eigenvalue weighted by atomic mass is 10.1. The molecule has 1 aliphatic carbocycles. The van der Waals surface area contributed by atoms with Crippen molar-refractivity contribution in [2.75, 3.05) is 17.6 Å². The molecule has 1 aromatic carbocycles. The van der Waals surface area contributed by atoms with Crippen LogP contribution in [0.2, 0.25) is 0 Å². The maximum atomic E-state index is 9.28. The zero-order valence-corrected chi connectivity index (χ0v) is 12.1. The van der Waals surface area contributed by atoms with E-state index < -0.39 is 0 Å². The number of nitrogens with two attached hydrogens (primary N) is 1. The summed E-state index contributed by atoms with van der Waals surface area (Å²) in [6.07, 6.45) is 2.52. The fraction of sp³-hybridized carbons (Fsp3) is 0.375. The van der Waals surface area contributed by atoms with Crippen LogP contribution in [0.15, 0.2) is 24.3 Å². The average molecular weight is 281 g/mol. The van der Waals surface area contributed by atoms with Gasteiger partial charge in [0.15, 0.2) is 5.82 Å². The lowest BCUT2D eigenvalue weighted by Gasteiger charge is -2.05. The maximum Gasteiger partial charge on any atom is 0.168 e. The van der Waals surface area contributed by atoms with Crippen molar-refractivity contribution in [1.82, 2.24) is 9.78 Å². The topological polar surface area (TPSA) is 79.7 Å². The number of nitrogens with zero attached hydrogens (tertiary/aromatic N) is 3. The molecule has 5 nitrogen and oxygen atoms in total. The van der Waals surface area contributed by atoms with E-state index in [1.165, 1.54) is 18.4 Å². The van der Waals surface area contributed by atoms with Crippen LogP contribution in [0.3, 0.4) is 0 Å². The van der Waals surface area contributed by atoms with Crippen LogP contribution in [0.25, 0.3) is 0 Å². The van der Waals surface area contributed by atoms with Crippen molar-refractivity contribution in [3.05, 3.63) is 41.0 Å². The van der Waals surface area contributed by atoms with E-state index >= 15 is 0 Å². The molecule has 0 aliphatic heterocycles. The first-order chi connectivity index (χ1) is 10.2. The summed E-state index contributed by atoms with van der Waals surface area (Å²) in [6.45, 7) is 3.50. The SMILES string of the molecule is Cc1cccc(Cn2nc(NCC3CC3)c(C#N)c2N)c1. The zero-order chi connectivity index (χ0) is 14.8. The summed E-state index contributed by atoms with van der Waals surface area (Å²) in [5, 5.41) is 17.0. The molecule has 2 aromatic rings. The molecule has 1 heterocycles. The summed E-state index contributed by atoms with van der Waals surface area (Å²) < 4.78 is 1.70. The summed E-state index contributed by atoms with van der Waals surface area (Å²) in [5.41, 5.74) is 8.84. The van der Waals surface area contributed by atoms with E-state index in [9.17, 15) is 5.26 Å². The largest absolute Gasteiger partial charge is 0.383 e. The lowest BCUT2D eigenvalue weighted by molar-refractivity contribution is 0.696. The molecule has 1 fully saturated rings. The van der Waals surface area contributed by atoms with Crippen LogP contribution in [0.5, 0.6) is 0 Å². The zero-order valence-electron chi connectivity index (χ0n) is 12.1. The van der Waals surface area contributed by atoms with Gasteiger partial charge in [-0.05, 0) is 31.2 Å². The summed E-state index contributed by atoms with van der Waals surface area (Å²) in [6, 6.07) is 10.4. The molecule has 5 heteroatoms. The number of benzene rings is 1. The Labute approximate surface area is 124 Å². The lowest BCUT2D eigenvalue weighted by Crippen LogP contribution is -2.07. The first-order valence-corrected chi connectivity index (χ1v) is 7.23. The number of aryl methyl sites for hydroxylation is 1. The highest BCUT2D eigenvalue weighted by Crippen LogP contribution is 2.30. The van der Waals surface area contributed by atoms with E-state index in [4.69, 9.17) is 5.73 Å². The van der Waals surface area contributed by atoms with E-state index in [0.717, 1.165) is 18.0 Å². The molecule has 3 rings (SSSR count). The Bertz CT molecular complexity index is 691. The number of rotatable bonds is 5. The molecule has 0 saturated heterocycles. The van der Waals surface area contributed by atoms with Gasteiger partial charge in [0.1, 0.15) is 17.5 Å². The molecular formula is C16H19N5. The number of nitrogens with one attached hydrogen (secondary N) is 1. The molecule has 0 amide bonds. The first kappa shape index (κ1) is 13.5. The minimum Gasteiger partial charge on any atom is -0.383 e. The third-order valence-corrected chi connectivity index (χ3v) is 3.77. The predicted molar refractivity (Wildman–Crippen MR) is 82.8 cm³/mol. The van der Waals surface area contributed by atoms with Crippen molar-refractivity contribution in [2.45, 2.75) is 26.3 Å². The van der Waals surface area contributed by atoms with Crippen molar-refractivity contribution in [1.29, 1.82) is 5.26 Å². The molecule has 1 saturated carbocycles. The van der Waals surface area contributed by atoms with Crippen molar-refractivity contribution in [2.24, 2.45) is 5.92 Å². The number of nitrogen functional groups attached to an aromatic ring is 1. The number of aromatic nitrogens is 2. The summed E-state index contributed by atoms with van der Waals surface area (Å²) in [5.74, 6) is 1.76. The number of nitriles is 1. The van der Waals surface area contributed by atoms with Gasteiger partial charge in [-0.15, -0.1) is 0 Å². The van der Waals surface area contributed by atoms with Crippen molar-refractivity contribution < 1.29 is 0 Å². The second kappa shape index (κ2) is 5.49. The second-order valence-electron chi connectivity index (χ2n) is 5.69. The van der Waals surface area contributed by atoms with Crippen LogP contribution in [0.4, 0.5) is 11.6 Å². The molecule has 1 aliphatic rings. The van der Waals surface area contributed by atoms with E-state index in [0.29, 0.717) is 23.7 Å². The Hall–Kier alpha value is -2.48. The minimum absolute atomic E-state index is 0.428. The van der Waals surface area contributed by atoms with E-state index in [-0.39, 0.29) is 0 Å². The highest BCUT2D eigenvalue weighted by atomic mass is 15.3. The second-order valence-corrected chi connectivity index (χ2v) is 5.69. The average Bonchev–Trinajstić information content (AvgIpc) is 3.23. The van der Waals surface area contributed by atoms with Crippen molar-refractivity contribution in [3.8, 4) is 6.07 Å². The third kappa shape index (κ3) is 3.00. The van der Waals surface area contributed by atoms with Gasteiger partial charge in [0.05, 0.1) is 6.54 Å². The van der Waals surface area contributed by atoms with Gasteiger partial charge in [-0.2, -0.15) is 10.4 Å². The maximum absolute atomic E-state index is 9.28.